The number of hydrazone groups is 1. The zero-order valence-corrected chi connectivity index (χ0v) is 15.0. The third-order valence-corrected chi connectivity index (χ3v) is 3.72. The minimum Gasteiger partial charge on any atom is -0.383 e. The van der Waals surface area contributed by atoms with Crippen molar-refractivity contribution in [3.63, 3.8) is 0 Å². The Morgan fingerprint density at radius 3 is 2.43 bits per heavy atom. The number of hydrogen-bond acceptors (Lipinski definition) is 6. The number of nitrogens with zero attached hydrogens (tertiary/aromatic N) is 3. The first kappa shape index (κ1) is 20.6. The van der Waals surface area contributed by atoms with Crippen LogP contribution >= 0.6 is 0 Å². The van der Waals surface area contributed by atoms with Crippen molar-refractivity contribution in [2.75, 3.05) is 17.6 Å². The number of rotatable bonds is 5. The van der Waals surface area contributed by atoms with Gasteiger partial charge in [-0.05, 0) is 30.7 Å². The molecule has 9 nitrogen and oxygen atoms in total. The number of anilines is 2. The minimum atomic E-state index is -1.07. The van der Waals surface area contributed by atoms with Crippen LogP contribution in [0, 0.1) is 0 Å². The second-order valence-corrected chi connectivity index (χ2v) is 5.74. The Labute approximate surface area is 159 Å². The van der Waals surface area contributed by atoms with Crippen molar-refractivity contribution >= 4 is 23.4 Å². The number of benzene rings is 1. The van der Waals surface area contributed by atoms with E-state index in [1.165, 1.54) is 6.20 Å². The smallest absolute Gasteiger partial charge is 0.316 e. The first-order valence-corrected chi connectivity index (χ1v) is 7.96. The second-order valence-electron chi connectivity index (χ2n) is 5.74. The molecule has 0 bridgehead atoms. The molecule has 148 valence electrons. The second kappa shape index (κ2) is 8.77. The molecule has 28 heavy (non-hydrogen) atoms. The van der Waals surface area contributed by atoms with E-state index in [1.807, 2.05) is 0 Å². The van der Waals surface area contributed by atoms with Gasteiger partial charge in [-0.15, -0.1) is 0 Å². The Bertz CT molecular complexity index is 923. The molecule has 0 saturated heterocycles. The number of amides is 2. The molecule has 0 atom stereocenters. The van der Waals surface area contributed by atoms with Gasteiger partial charge in [0, 0.05) is 17.4 Å². The van der Waals surface area contributed by atoms with Crippen LogP contribution in [0.1, 0.15) is 12.5 Å². The highest BCUT2D eigenvalue weighted by atomic mass is 19.2. The van der Waals surface area contributed by atoms with E-state index in [0.29, 0.717) is 11.3 Å². The lowest BCUT2D eigenvalue weighted by Crippen LogP contribution is -2.40. The van der Waals surface area contributed by atoms with Crippen LogP contribution < -0.4 is 28.5 Å². The first-order valence-electron chi connectivity index (χ1n) is 7.96. The Kier molecular flexibility index (Phi) is 6.45. The van der Waals surface area contributed by atoms with Gasteiger partial charge in [0.05, 0.1) is 12.1 Å². The summed E-state index contributed by atoms with van der Waals surface area (Å²) in [5.74, 6) is 9.06. The number of pyridine rings is 1. The summed E-state index contributed by atoms with van der Waals surface area (Å²) >= 11 is 0. The van der Waals surface area contributed by atoms with Gasteiger partial charge in [-0.2, -0.15) is 5.10 Å². The summed E-state index contributed by atoms with van der Waals surface area (Å²) in [5, 5.41) is 6.81. The van der Waals surface area contributed by atoms with Gasteiger partial charge in [-0.1, -0.05) is 12.1 Å². The van der Waals surface area contributed by atoms with Crippen molar-refractivity contribution in [1.29, 1.82) is 0 Å². The van der Waals surface area contributed by atoms with Crippen LogP contribution in [0.3, 0.4) is 0 Å². The van der Waals surface area contributed by atoms with Crippen LogP contribution in [0.15, 0.2) is 53.3 Å². The molecule has 0 aliphatic rings. The Morgan fingerprint density at radius 2 is 1.89 bits per heavy atom. The van der Waals surface area contributed by atoms with Crippen molar-refractivity contribution in [2.24, 2.45) is 22.5 Å². The van der Waals surface area contributed by atoms with Crippen LogP contribution in [0.5, 0.6) is 0 Å². The standard InChI is InChI=1S/C17H20F2N8O/c1-9(18)14(19)8-27(23)16(26-22)13-6-11(7-24-15(13)20)10-2-4-12(5-3-10)25-17(21)28/h2-7H,8,22-23H2,1H3,(H2,20,24)(H3,21,25,28)/b14-9-,26-16-. The number of carbonyl (C=O) groups excluding carboxylic acids is 1. The number of primary amides is 1. The Morgan fingerprint density at radius 1 is 1.25 bits per heavy atom. The number of nitrogen functional groups attached to an aromatic ring is 1. The van der Waals surface area contributed by atoms with Crippen molar-refractivity contribution in [1.82, 2.24) is 9.99 Å². The first-order chi connectivity index (χ1) is 13.2. The molecule has 0 radical (unpaired) electrons. The van der Waals surface area contributed by atoms with E-state index in [4.69, 9.17) is 23.2 Å². The molecule has 0 spiro atoms. The van der Waals surface area contributed by atoms with Gasteiger partial charge in [0.1, 0.15) is 11.6 Å². The summed E-state index contributed by atoms with van der Waals surface area (Å²) in [6.45, 7) is 0.380. The highest BCUT2D eigenvalue weighted by molar-refractivity contribution is 6.03. The van der Waals surface area contributed by atoms with E-state index in [1.54, 1.807) is 30.3 Å². The molecule has 0 aliphatic carbocycles. The lowest BCUT2D eigenvalue weighted by molar-refractivity contribution is 0.259. The molecule has 0 unspecified atom stereocenters. The highest BCUT2D eigenvalue weighted by Crippen LogP contribution is 2.24. The number of amidine groups is 1. The maximum atomic E-state index is 13.6. The van der Waals surface area contributed by atoms with E-state index in [2.05, 4.69) is 15.4 Å². The molecule has 0 fully saturated rings. The largest absolute Gasteiger partial charge is 0.383 e. The number of hydrazine groups is 1. The van der Waals surface area contributed by atoms with E-state index in [9.17, 15) is 13.6 Å². The normalized spacial score (nSPS) is 12.4. The lowest BCUT2D eigenvalue weighted by atomic mass is 10.0. The average Bonchev–Trinajstić information content (AvgIpc) is 2.64. The SMILES string of the molecule is C/C(F)=C(/F)CN(N)/C(=N\N)c1cc(-c2ccc(NC(N)=O)cc2)cnc1N. The van der Waals surface area contributed by atoms with Gasteiger partial charge in [0.15, 0.2) is 11.7 Å². The number of aromatic nitrogens is 1. The topological polar surface area (TPSA) is 162 Å². The third-order valence-electron chi connectivity index (χ3n) is 3.72. The molecular formula is C17H20F2N8O. The van der Waals surface area contributed by atoms with Crippen LogP contribution in [0.25, 0.3) is 11.1 Å². The van der Waals surface area contributed by atoms with Gasteiger partial charge < -0.3 is 22.6 Å². The molecule has 0 saturated carbocycles. The van der Waals surface area contributed by atoms with Crippen molar-refractivity contribution < 1.29 is 13.6 Å². The van der Waals surface area contributed by atoms with Crippen LogP contribution in [0.2, 0.25) is 0 Å². The molecule has 0 aliphatic heterocycles. The number of nitrogens with two attached hydrogens (primary N) is 4. The van der Waals surface area contributed by atoms with Crippen molar-refractivity contribution in [3.05, 3.63) is 53.7 Å². The molecule has 1 heterocycles. The van der Waals surface area contributed by atoms with Gasteiger partial charge >= 0.3 is 6.03 Å². The third kappa shape index (κ3) is 4.92. The van der Waals surface area contributed by atoms with Gasteiger partial charge in [-0.3, -0.25) is 5.01 Å². The van der Waals surface area contributed by atoms with Crippen LogP contribution in [-0.4, -0.2) is 28.4 Å². The molecule has 2 amide bonds. The number of hydrogen-bond donors (Lipinski definition) is 5. The fraction of sp³-hybridized carbons (Fsp3) is 0.118. The summed E-state index contributed by atoms with van der Waals surface area (Å²) in [5.41, 5.74) is 13.1. The van der Waals surface area contributed by atoms with Crippen LogP contribution in [-0.2, 0) is 0 Å². The quantitative estimate of drug-likeness (QED) is 0.226. The fourth-order valence-electron chi connectivity index (χ4n) is 2.33. The monoisotopic (exact) mass is 390 g/mol. The predicted molar refractivity (Wildman–Crippen MR) is 104 cm³/mol. The number of nitrogens with one attached hydrogen (secondary N) is 1. The molecule has 11 heteroatoms. The zero-order chi connectivity index (χ0) is 20.8. The van der Waals surface area contributed by atoms with E-state index >= 15 is 0 Å². The van der Waals surface area contributed by atoms with Crippen molar-refractivity contribution in [3.8, 4) is 11.1 Å². The van der Waals surface area contributed by atoms with Crippen LogP contribution in [0.4, 0.5) is 25.1 Å². The van der Waals surface area contributed by atoms with E-state index < -0.39 is 24.2 Å². The van der Waals surface area contributed by atoms with E-state index in [0.717, 1.165) is 17.5 Å². The number of urea groups is 1. The number of carbonyl (C=O) groups is 1. The number of halogens is 2. The summed E-state index contributed by atoms with van der Waals surface area (Å²) in [4.78, 5) is 15.0. The molecular weight excluding hydrogens is 370 g/mol. The molecule has 9 N–H and O–H groups in total. The Hall–Kier alpha value is -3.73. The maximum absolute atomic E-state index is 13.6. The minimum absolute atomic E-state index is 0.0526. The van der Waals surface area contributed by atoms with Gasteiger partial charge in [0.2, 0.25) is 0 Å². The summed E-state index contributed by atoms with van der Waals surface area (Å²) in [6, 6.07) is 7.66. The Balaban J connectivity index is 2.36. The molecule has 2 aromatic rings. The lowest BCUT2D eigenvalue weighted by Gasteiger charge is -2.20. The summed E-state index contributed by atoms with van der Waals surface area (Å²) in [7, 11) is 0. The molecule has 2 rings (SSSR count). The van der Waals surface area contributed by atoms with E-state index in [-0.39, 0.29) is 17.2 Å². The van der Waals surface area contributed by atoms with Crippen molar-refractivity contribution in [2.45, 2.75) is 6.92 Å². The van der Waals surface area contributed by atoms with Gasteiger partial charge in [-0.25, -0.2) is 24.4 Å². The summed E-state index contributed by atoms with van der Waals surface area (Å²) < 4.78 is 26.5. The highest BCUT2D eigenvalue weighted by Gasteiger charge is 2.18. The fourth-order valence-corrected chi connectivity index (χ4v) is 2.33. The average molecular weight is 390 g/mol. The molecule has 1 aromatic carbocycles. The predicted octanol–water partition coefficient (Wildman–Crippen LogP) is 1.79. The maximum Gasteiger partial charge on any atom is 0.316 e. The zero-order valence-electron chi connectivity index (χ0n) is 15.0. The molecule has 1 aromatic heterocycles. The number of allylic oxidation sites excluding steroid dienone is 1. The van der Waals surface area contributed by atoms with Gasteiger partial charge in [0.25, 0.3) is 0 Å². The summed E-state index contributed by atoms with van der Waals surface area (Å²) in [6.07, 6.45) is 1.51.